The second-order valence-electron chi connectivity index (χ2n) is 10.2. The van der Waals surface area contributed by atoms with E-state index >= 15 is 0 Å². The van der Waals surface area contributed by atoms with Gasteiger partial charge in [0.05, 0.1) is 24.8 Å². The van der Waals surface area contributed by atoms with Crippen LogP contribution in [0.25, 0.3) is 0 Å². The van der Waals surface area contributed by atoms with Gasteiger partial charge in [0.15, 0.2) is 0 Å². The summed E-state index contributed by atoms with van der Waals surface area (Å²) in [6.07, 6.45) is 0. The van der Waals surface area contributed by atoms with Gasteiger partial charge in [-0.15, -0.1) is 0 Å². The Morgan fingerprint density at radius 1 is 0.878 bits per heavy atom. The van der Waals surface area contributed by atoms with E-state index in [1.807, 2.05) is 45.0 Å². The molecule has 10 heteroatoms. The van der Waals surface area contributed by atoms with E-state index in [1.54, 1.807) is 43.3 Å². The van der Waals surface area contributed by atoms with Crippen molar-refractivity contribution < 1.29 is 27.5 Å². The van der Waals surface area contributed by atoms with E-state index in [-0.39, 0.29) is 34.7 Å². The first-order valence-electron chi connectivity index (χ1n) is 13.4. The monoisotopic (exact) mass is 581 g/mol. The maximum atomic E-state index is 14.0. The molecule has 0 bridgehead atoms. The largest absolute Gasteiger partial charge is 0.497 e. The van der Waals surface area contributed by atoms with Crippen LogP contribution >= 0.6 is 0 Å². The molecule has 0 heterocycles. The molecule has 1 N–H and O–H groups in total. The molecule has 0 aliphatic heterocycles. The number of carbonyl (C=O) groups is 2. The summed E-state index contributed by atoms with van der Waals surface area (Å²) in [6, 6.07) is 19.3. The van der Waals surface area contributed by atoms with Gasteiger partial charge in [0.2, 0.25) is 11.8 Å². The van der Waals surface area contributed by atoms with Crippen LogP contribution in [0, 0.1) is 12.8 Å². The normalized spacial score (nSPS) is 12.0. The number of aryl methyl sites for hydroxylation is 1. The Bertz CT molecular complexity index is 1420. The molecule has 1 unspecified atom stereocenters. The van der Waals surface area contributed by atoms with Gasteiger partial charge in [-0.05, 0) is 61.7 Å². The lowest BCUT2D eigenvalue weighted by Gasteiger charge is -2.32. The molecule has 220 valence electrons. The highest BCUT2D eigenvalue weighted by atomic mass is 32.2. The fourth-order valence-electron chi connectivity index (χ4n) is 4.15. The minimum Gasteiger partial charge on any atom is -0.497 e. The SMILES string of the molecule is COc1ccc(S(=O)(=O)N(CC(=O)N(Cc2ccc(C)cc2)C(C)C(=O)NCC(C)C)c2ccccc2OC)cc1. The van der Waals surface area contributed by atoms with Gasteiger partial charge in [0, 0.05) is 13.1 Å². The van der Waals surface area contributed by atoms with Crippen LogP contribution in [0.1, 0.15) is 31.9 Å². The van der Waals surface area contributed by atoms with E-state index in [0.717, 1.165) is 15.4 Å². The fraction of sp³-hybridized carbons (Fsp3) is 0.355. The van der Waals surface area contributed by atoms with Gasteiger partial charge < -0.3 is 19.7 Å². The predicted molar refractivity (Wildman–Crippen MR) is 160 cm³/mol. The lowest BCUT2D eigenvalue weighted by Crippen LogP contribution is -2.51. The molecule has 0 fully saturated rings. The summed E-state index contributed by atoms with van der Waals surface area (Å²) in [7, 11) is -1.31. The van der Waals surface area contributed by atoms with Gasteiger partial charge >= 0.3 is 0 Å². The number of nitrogens with zero attached hydrogens (tertiary/aromatic N) is 2. The lowest BCUT2D eigenvalue weighted by atomic mass is 10.1. The molecular formula is C31H39N3O6S. The fourth-order valence-corrected chi connectivity index (χ4v) is 5.57. The summed E-state index contributed by atoms with van der Waals surface area (Å²) >= 11 is 0. The zero-order chi connectivity index (χ0) is 30.2. The van der Waals surface area contributed by atoms with Crippen LogP contribution in [0.2, 0.25) is 0 Å². The van der Waals surface area contributed by atoms with E-state index in [4.69, 9.17) is 9.47 Å². The Hall–Kier alpha value is -4.05. The average molecular weight is 582 g/mol. The second-order valence-corrected chi connectivity index (χ2v) is 12.0. The third-order valence-electron chi connectivity index (χ3n) is 6.61. The van der Waals surface area contributed by atoms with Crippen LogP contribution in [0.3, 0.4) is 0 Å². The molecule has 3 aromatic carbocycles. The Balaban J connectivity index is 2.05. The average Bonchev–Trinajstić information content (AvgIpc) is 2.97. The number of carbonyl (C=O) groups excluding carboxylic acids is 2. The van der Waals surface area contributed by atoms with Gasteiger partial charge in [0.25, 0.3) is 10.0 Å². The van der Waals surface area contributed by atoms with E-state index in [0.29, 0.717) is 12.3 Å². The molecule has 0 radical (unpaired) electrons. The molecule has 0 saturated heterocycles. The van der Waals surface area contributed by atoms with Crippen molar-refractivity contribution in [3.63, 3.8) is 0 Å². The summed E-state index contributed by atoms with van der Waals surface area (Å²) in [5.41, 5.74) is 2.07. The Kier molecular flexibility index (Phi) is 10.8. The Morgan fingerprint density at radius 2 is 1.51 bits per heavy atom. The molecule has 2 amide bonds. The number of sulfonamides is 1. The third-order valence-corrected chi connectivity index (χ3v) is 8.38. The maximum absolute atomic E-state index is 14.0. The van der Waals surface area contributed by atoms with E-state index in [9.17, 15) is 18.0 Å². The molecule has 0 saturated carbocycles. The van der Waals surface area contributed by atoms with E-state index in [2.05, 4.69) is 5.32 Å². The highest BCUT2D eigenvalue weighted by Gasteiger charge is 2.33. The van der Waals surface area contributed by atoms with Gasteiger partial charge in [-0.1, -0.05) is 55.8 Å². The quantitative estimate of drug-likeness (QED) is 0.321. The minimum absolute atomic E-state index is 0.0233. The topological polar surface area (TPSA) is 105 Å². The number of amides is 2. The first-order chi connectivity index (χ1) is 19.5. The number of hydrogen-bond donors (Lipinski definition) is 1. The van der Waals surface area contributed by atoms with Crippen LogP contribution in [0.5, 0.6) is 11.5 Å². The smallest absolute Gasteiger partial charge is 0.264 e. The highest BCUT2D eigenvalue weighted by Crippen LogP contribution is 2.33. The van der Waals surface area contributed by atoms with E-state index in [1.165, 1.54) is 31.3 Å². The van der Waals surface area contributed by atoms with Crippen LogP contribution in [0.4, 0.5) is 5.69 Å². The molecule has 3 aromatic rings. The van der Waals surface area contributed by atoms with Crippen LogP contribution in [0.15, 0.2) is 77.7 Å². The van der Waals surface area contributed by atoms with Crippen molar-refractivity contribution in [2.45, 2.75) is 45.2 Å². The predicted octanol–water partition coefficient (Wildman–Crippen LogP) is 4.40. The zero-order valence-electron chi connectivity index (χ0n) is 24.5. The van der Waals surface area contributed by atoms with Crippen molar-refractivity contribution >= 4 is 27.5 Å². The number of ether oxygens (including phenoxy) is 2. The van der Waals surface area contributed by atoms with Gasteiger partial charge in [-0.3, -0.25) is 13.9 Å². The zero-order valence-corrected chi connectivity index (χ0v) is 25.3. The number of nitrogens with one attached hydrogen (secondary N) is 1. The molecule has 0 spiro atoms. The summed E-state index contributed by atoms with van der Waals surface area (Å²) in [6.45, 7) is 7.59. The number of hydrogen-bond acceptors (Lipinski definition) is 6. The standard InChI is InChI=1S/C31H39N3O6S/c1-22(2)19-32-31(36)24(4)33(20-25-13-11-23(3)12-14-25)30(35)21-34(28-9-7-8-10-29(28)40-6)41(37,38)27-17-15-26(39-5)16-18-27/h7-18,22,24H,19-21H2,1-6H3,(H,32,36). The van der Waals surface area contributed by atoms with Crippen molar-refractivity contribution in [1.82, 2.24) is 10.2 Å². The molecular weight excluding hydrogens is 542 g/mol. The minimum atomic E-state index is -4.24. The van der Waals surface area contributed by atoms with Crippen molar-refractivity contribution in [2.75, 3.05) is 31.6 Å². The molecule has 9 nitrogen and oxygen atoms in total. The third kappa shape index (κ3) is 8.00. The molecule has 0 aliphatic carbocycles. The number of anilines is 1. The van der Waals surface area contributed by atoms with Gasteiger partial charge in [-0.2, -0.15) is 0 Å². The summed E-state index contributed by atoms with van der Waals surface area (Å²) in [5.74, 6) is 0.143. The van der Waals surface area contributed by atoms with Crippen LogP contribution in [-0.2, 0) is 26.2 Å². The molecule has 3 rings (SSSR count). The lowest BCUT2D eigenvalue weighted by molar-refractivity contribution is -0.139. The van der Waals surface area contributed by atoms with Crippen LogP contribution in [-0.4, -0.2) is 58.5 Å². The second kappa shape index (κ2) is 14.0. The Morgan fingerprint density at radius 3 is 2.10 bits per heavy atom. The van der Waals surface area contributed by atoms with Gasteiger partial charge in [0.1, 0.15) is 24.1 Å². The summed E-state index contributed by atoms with van der Waals surface area (Å²) < 4.78 is 39.7. The van der Waals surface area contributed by atoms with E-state index < -0.39 is 28.5 Å². The number of benzene rings is 3. The highest BCUT2D eigenvalue weighted by molar-refractivity contribution is 7.92. The Labute approximate surface area is 243 Å². The van der Waals surface area contributed by atoms with Gasteiger partial charge in [-0.25, -0.2) is 8.42 Å². The molecule has 1 atom stereocenters. The number of methoxy groups -OCH3 is 2. The maximum Gasteiger partial charge on any atom is 0.264 e. The summed E-state index contributed by atoms with van der Waals surface area (Å²) in [5, 5.41) is 2.89. The van der Waals surface area contributed by atoms with Crippen molar-refractivity contribution in [2.24, 2.45) is 5.92 Å². The van der Waals surface area contributed by atoms with Crippen molar-refractivity contribution in [3.05, 3.63) is 83.9 Å². The molecule has 0 aliphatic rings. The number of rotatable bonds is 13. The first kappa shape index (κ1) is 31.5. The number of para-hydroxylation sites is 2. The van der Waals surface area contributed by atoms with Crippen molar-refractivity contribution in [3.8, 4) is 11.5 Å². The summed E-state index contributed by atoms with van der Waals surface area (Å²) in [4.78, 5) is 28.5. The van der Waals surface area contributed by atoms with Crippen LogP contribution < -0.4 is 19.1 Å². The molecule has 0 aromatic heterocycles. The molecule has 41 heavy (non-hydrogen) atoms. The first-order valence-corrected chi connectivity index (χ1v) is 14.8. The van der Waals surface area contributed by atoms with Crippen molar-refractivity contribution in [1.29, 1.82) is 0 Å².